The number of aliphatic hydroxyl groups is 1. The van der Waals surface area contributed by atoms with Gasteiger partial charge in [0.15, 0.2) is 0 Å². The van der Waals surface area contributed by atoms with Crippen LogP contribution in [0.5, 0.6) is 0 Å². The number of aliphatic hydroxyl groups excluding tert-OH is 1. The van der Waals surface area contributed by atoms with Crippen LogP contribution in [0.2, 0.25) is 0 Å². The second-order valence-corrected chi connectivity index (χ2v) is 3.39. The van der Waals surface area contributed by atoms with Gasteiger partial charge in [-0.15, -0.1) is 0 Å². The molecule has 0 bridgehead atoms. The molecule has 0 fully saturated rings. The fourth-order valence-corrected chi connectivity index (χ4v) is 0.957. The molecule has 3 unspecified atom stereocenters. The van der Waals surface area contributed by atoms with Crippen molar-refractivity contribution in [3.8, 4) is 0 Å². The molecule has 5 heteroatoms. The van der Waals surface area contributed by atoms with E-state index in [2.05, 4.69) is 5.32 Å². The zero-order valence-corrected chi connectivity index (χ0v) is 8.65. The first-order valence-electron chi connectivity index (χ1n) is 4.61. The van der Waals surface area contributed by atoms with Gasteiger partial charge < -0.3 is 15.5 Å². The fraction of sp³-hybridized carbons (Fsp3) is 0.778. The molecular formula is C9H17NO4. The molecule has 3 N–H and O–H groups in total. The molecule has 0 aromatic heterocycles. The van der Waals surface area contributed by atoms with E-state index in [1.54, 1.807) is 6.92 Å². The number of carbonyl (C=O) groups is 2. The number of hydrogen-bond donors (Lipinski definition) is 3. The van der Waals surface area contributed by atoms with Crippen LogP contribution < -0.4 is 5.32 Å². The molecule has 0 rings (SSSR count). The fourth-order valence-electron chi connectivity index (χ4n) is 0.957. The number of hydrogen-bond acceptors (Lipinski definition) is 3. The van der Waals surface area contributed by atoms with Crippen LogP contribution in [0.3, 0.4) is 0 Å². The molecule has 0 aliphatic carbocycles. The van der Waals surface area contributed by atoms with Gasteiger partial charge in [0.2, 0.25) is 5.91 Å². The summed E-state index contributed by atoms with van der Waals surface area (Å²) in [7, 11) is 0. The van der Waals surface area contributed by atoms with E-state index in [0.29, 0.717) is 6.42 Å². The summed E-state index contributed by atoms with van der Waals surface area (Å²) < 4.78 is 0. The number of rotatable bonds is 5. The predicted molar refractivity (Wildman–Crippen MR) is 50.7 cm³/mol. The molecule has 0 radical (unpaired) electrons. The van der Waals surface area contributed by atoms with E-state index < -0.39 is 24.0 Å². The minimum atomic E-state index is -1.18. The molecule has 0 saturated carbocycles. The molecule has 0 spiro atoms. The number of amides is 1. The third-order valence-corrected chi connectivity index (χ3v) is 2.16. The topological polar surface area (TPSA) is 86.6 Å². The Morgan fingerprint density at radius 1 is 1.36 bits per heavy atom. The molecule has 5 nitrogen and oxygen atoms in total. The normalized spacial score (nSPS) is 16.9. The summed E-state index contributed by atoms with van der Waals surface area (Å²) in [6, 6.07) is -0.929. The smallest absolute Gasteiger partial charge is 0.326 e. The van der Waals surface area contributed by atoms with Gasteiger partial charge in [0, 0.05) is 0 Å². The maximum Gasteiger partial charge on any atom is 0.326 e. The Labute approximate surface area is 83.1 Å². The van der Waals surface area contributed by atoms with Gasteiger partial charge in [-0.3, -0.25) is 4.79 Å². The van der Waals surface area contributed by atoms with E-state index in [1.165, 1.54) is 6.92 Å². The number of nitrogens with one attached hydrogen (secondary N) is 1. The van der Waals surface area contributed by atoms with Crippen molar-refractivity contribution in [3.05, 3.63) is 0 Å². The minimum absolute atomic E-state index is 0.157. The van der Waals surface area contributed by atoms with Crippen molar-refractivity contribution in [1.29, 1.82) is 0 Å². The zero-order valence-electron chi connectivity index (χ0n) is 8.65. The molecule has 82 valence electrons. The van der Waals surface area contributed by atoms with Gasteiger partial charge in [-0.25, -0.2) is 4.79 Å². The first-order valence-corrected chi connectivity index (χ1v) is 4.61. The highest BCUT2D eigenvalue weighted by atomic mass is 16.4. The monoisotopic (exact) mass is 203 g/mol. The van der Waals surface area contributed by atoms with Crippen LogP contribution in [0.1, 0.15) is 27.2 Å². The van der Waals surface area contributed by atoms with Crippen LogP contribution in [-0.2, 0) is 9.59 Å². The SMILES string of the molecule is CCC(C)C(NC(=O)C(C)O)C(=O)O. The Bertz CT molecular complexity index is 215. The quantitative estimate of drug-likeness (QED) is 0.586. The summed E-state index contributed by atoms with van der Waals surface area (Å²) >= 11 is 0. The van der Waals surface area contributed by atoms with Crippen LogP contribution in [0.25, 0.3) is 0 Å². The van der Waals surface area contributed by atoms with Gasteiger partial charge in [-0.2, -0.15) is 0 Å². The van der Waals surface area contributed by atoms with Crippen LogP contribution in [0.4, 0.5) is 0 Å². The van der Waals surface area contributed by atoms with Crippen LogP contribution in [0.15, 0.2) is 0 Å². The standard InChI is InChI=1S/C9H17NO4/c1-4-5(2)7(9(13)14)10-8(12)6(3)11/h5-7,11H,4H2,1-3H3,(H,10,12)(H,13,14). The van der Waals surface area contributed by atoms with E-state index in [-0.39, 0.29) is 5.92 Å². The van der Waals surface area contributed by atoms with Gasteiger partial charge in [0.25, 0.3) is 0 Å². The molecule has 0 aliphatic heterocycles. The number of aliphatic carboxylic acids is 1. The summed E-state index contributed by atoms with van der Waals surface area (Å²) in [5.74, 6) is -1.89. The average molecular weight is 203 g/mol. The molecule has 0 aromatic rings. The second-order valence-electron chi connectivity index (χ2n) is 3.39. The third kappa shape index (κ3) is 3.74. The molecular weight excluding hydrogens is 186 g/mol. The van der Waals surface area contributed by atoms with Crippen LogP contribution in [0, 0.1) is 5.92 Å². The highest BCUT2D eigenvalue weighted by Gasteiger charge is 2.26. The first-order chi connectivity index (χ1) is 6.40. The third-order valence-electron chi connectivity index (χ3n) is 2.16. The lowest BCUT2D eigenvalue weighted by Crippen LogP contribution is -2.48. The first kappa shape index (κ1) is 12.9. The predicted octanol–water partition coefficient (Wildman–Crippen LogP) is -0.0173. The van der Waals surface area contributed by atoms with Crippen LogP contribution in [-0.4, -0.2) is 34.2 Å². The minimum Gasteiger partial charge on any atom is -0.480 e. The molecule has 14 heavy (non-hydrogen) atoms. The van der Waals surface area contributed by atoms with Crippen molar-refractivity contribution in [3.63, 3.8) is 0 Å². The zero-order chi connectivity index (χ0) is 11.3. The average Bonchev–Trinajstić information content (AvgIpc) is 2.11. The Kier molecular flexibility index (Phi) is 5.15. The second kappa shape index (κ2) is 5.59. The molecule has 0 saturated heterocycles. The summed E-state index contributed by atoms with van der Waals surface area (Å²) in [4.78, 5) is 21.8. The summed E-state index contributed by atoms with van der Waals surface area (Å²) in [5.41, 5.74) is 0. The van der Waals surface area contributed by atoms with Crippen molar-refractivity contribution in [2.24, 2.45) is 5.92 Å². The number of carbonyl (C=O) groups excluding carboxylic acids is 1. The molecule has 1 amide bonds. The molecule has 0 heterocycles. The Hall–Kier alpha value is -1.10. The Balaban J connectivity index is 4.38. The Morgan fingerprint density at radius 2 is 1.86 bits per heavy atom. The highest BCUT2D eigenvalue weighted by Crippen LogP contribution is 2.07. The number of carboxylic acids is 1. The summed E-state index contributed by atoms with van der Waals surface area (Å²) in [5, 5.41) is 20.0. The lowest BCUT2D eigenvalue weighted by molar-refractivity contribution is -0.144. The summed E-state index contributed by atoms with van der Waals surface area (Å²) in [6.45, 7) is 4.88. The van der Waals surface area contributed by atoms with Gasteiger partial charge in [-0.1, -0.05) is 20.3 Å². The van der Waals surface area contributed by atoms with E-state index in [1.807, 2.05) is 6.92 Å². The van der Waals surface area contributed by atoms with E-state index in [4.69, 9.17) is 10.2 Å². The van der Waals surface area contributed by atoms with E-state index in [0.717, 1.165) is 0 Å². The van der Waals surface area contributed by atoms with Crippen molar-refractivity contribution in [1.82, 2.24) is 5.32 Å². The van der Waals surface area contributed by atoms with Gasteiger partial charge in [-0.05, 0) is 12.8 Å². The number of carboxylic acid groups (broad SMARTS) is 1. The van der Waals surface area contributed by atoms with Gasteiger partial charge >= 0.3 is 5.97 Å². The molecule has 0 aromatic carbocycles. The van der Waals surface area contributed by atoms with Gasteiger partial charge in [0.05, 0.1) is 0 Å². The Morgan fingerprint density at radius 3 is 2.14 bits per heavy atom. The largest absolute Gasteiger partial charge is 0.480 e. The lowest BCUT2D eigenvalue weighted by Gasteiger charge is -2.20. The maximum absolute atomic E-state index is 11.1. The van der Waals surface area contributed by atoms with Gasteiger partial charge in [0.1, 0.15) is 12.1 Å². The van der Waals surface area contributed by atoms with Crippen molar-refractivity contribution >= 4 is 11.9 Å². The van der Waals surface area contributed by atoms with E-state index in [9.17, 15) is 9.59 Å². The maximum atomic E-state index is 11.1. The van der Waals surface area contributed by atoms with E-state index >= 15 is 0 Å². The summed E-state index contributed by atoms with van der Waals surface area (Å²) in [6.07, 6.45) is -0.530. The molecule has 0 aliphatic rings. The van der Waals surface area contributed by atoms with Crippen molar-refractivity contribution in [2.45, 2.75) is 39.3 Å². The lowest BCUT2D eigenvalue weighted by atomic mass is 9.99. The van der Waals surface area contributed by atoms with Crippen molar-refractivity contribution < 1.29 is 19.8 Å². The van der Waals surface area contributed by atoms with Crippen LogP contribution >= 0.6 is 0 Å². The van der Waals surface area contributed by atoms with Crippen molar-refractivity contribution in [2.75, 3.05) is 0 Å². The molecule has 3 atom stereocenters. The highest BCUT2D eigenvalue weighted by molar-refractivity contribution is 5.85.